The Balaban J connectivity index is 1.39. The summed E-state index contributed by atoms with van der Waals surface area (Å²) >= 11 is 0. The SMILES string of the molecule is CCOc1ccc(NC(=O)CN2C(=O)NC(C)(Cc3ccc4c(c3)OCO4)C2=O)cc1. The quantitative estimate of drug-likeness (QED) is 0.660. The van der Waals surface area contributed by atoms with Crippen LogP contribution in [0.1, 0.15) is 19.4 Å². The highest BCUT2D eigenvalue weighted by Crippen LogP contribution is 2.34. The zero-order valence-corrected chi connectivity index (χ0v) is 17.3. The highest BCUT2D eigenvalue weighted by atomic mass is 16.7. The zero-order chi connectivity index (χ0) is 22.0. The lowest BCUT2D eigenvalue weighted by molar-refractivity contribution is -0.133. The number of hydrogen-bond donors (Lipinski definition) is 2. The lowest BCUT2D eigenvalue weighted by Crippen LogP contribution is -2.46. The Morgan fingerprint density at radius 2 is 1.90 bits per heavy atom. The van der Waals surface area contributed by atoms with Crippen LogP contribution in [0.5, 0.6) is 17.2 Å². The molecule has 1 unspecified atom stereocenters. The molecule has 162 valence electrons. The second-order valence-electron chi connectivity index (χ2n) is 7.52. The average molecular weight is 425 g/mol. The van der Waals surface area contributed by atoms with Crippen molar-refractivity contribution in [2.45, 2.75) is 25.8 Å². The highest BCUT2D eigenvalue weighted by molar-refractivity contribution is 6.10. The number of nitrogens with one attached hydrogen (secondary N) is 2. The molecule has 2 aromatic carbocycles. The van der Waals surface area contributed by atoms with Crippen molar-refractivity contribution < 1.29 is 28.6 Å². The fourth-order valence-electron chi connectivity index (χ4n) is 3.61. The molecular weight excluding hydrogens is 402 g/mol. The largest absolute Gasteiger partial charge is 0.494 e. The number of nitrogens with zero attached hydrogens (tertiary/aromatic N) is 1. The Morgan fingerprint density at radius 3 is 2.65 bits per heavy atom. The number of amides is 4. The number of anilines is 1. The van der Waals surface area contributed by atoms with Crippen molar-refractivity contribution in [2.24, 2.45) is 0 Å². The third-order valence-corrected chi connectivity index (χ3v) is 5.09. The molecule has 0 spiro atoms. The summed E-state index contributed by atoms with van der Waals surface area (Å²) in [7, 11) is 0. The second-order valence-corrected chi connectivity index (χ2v) is 7.52. The summed E-state index contributed by atoms with van der Waals surface area (Å²) in [6.45, 7) is 3.84. The van der Waals surface area contributed by atoms with Crippen molar-refractivity contribution in [2.75, 3.05) is 25.3 Å². The smallest absolute Gasteiger partial charge is 0.325 e. The molecule has 2 aliphatic heterocycles. The van der Waals surface area contributed by atoms with Gasteiger partial charge in [-0.15, -0.1) is 0 Å². The molecule has 2 N–H and O–H groups in total. The van der Waals surface area contributed by atoms with Crippen LogP contribution in [0.3, 0.4) is 0 Å². The van der Waals surface area contributed by atoms with Gasteiger partial charge >= 0.3 is 6.03 Å². The van der Waals surface area contributed by atoms with Gasteiger partial charge in [-0.3, -0.25) is 14.5 Å². The van der Waals surface area contributed by atoms with Crippen molar-refractivity contribution in [3.63, 3.8) is 0 Å². The molecule has 1 saturated heterocycles. The van der Waals surface area contributed by atoms with Gasteiger partial charge < -0.3 is 24.8 Å². The Morgan fingerprint density at radius 1 is 1.16 bits per heavy atom. The summed E-state index contributed by atoms with van der Waals surface area (Å²) in [6.07, 6.45) is 0.255. The molecule has 4 amide bonds. The molecule has 2 aliphatic rings. The molecule has 2 aromatic rings. The molecule has 0 bridgehead atoms. The first kappa shape index (κ1) is 20.5. The maximum Gasteiger partial charge on any atom is 0.325 e. The van der Waals surface area contributed by atoms with Crippen LogP contribution in [-0.2, 0) is 16.0 Å². The molecule has 1 fully saturated rings. The minimum Gasteiger partial charge on any atom is -0.494 e. The van der Waals surface area contributed by atoms with Crippen LogP contribution in [0.25, 0.3) is 0 Å². The van der Waals surface area contributed by atoms with E-state index in [1.807, 2.05) is 13.0 Å². The molecule has 0 saturated carbocycles. The Bertz CT molecular complexity index is 1020. The fourth-order valence-corrected chi connectivity index (χ4v) is 3.61. The molecule has 0 radical (unpaired) electrons. The van der Waals surface area contributed by atoms with Crippen LogP contribution in [0.4, 0.5) is 10.5 Å². The van der Waals surface area contributed by atoms with Crippen LogP contribution in [-0.4, -0.2) is 48.2 Å². The van der Waals surface area contributed by atoms with Crippen LogP contribution in [0.15, 0.2) is 42.5 Å². The minimum atomic E-state index is -1.16. The van der Waals surface area contributed by atoms with E-state index in [-0.39, 0.29) is 19.8 Å². The number of benzene rings is 2. The summed E-state index contributed by atoms with van der Waals surface area (Å²) in [5, 5.41) is 5.39. The number of fused-ring (bicyclic) bond motifs is 1. The molecular formula is C22H23N3O6. The van der Waals surface area contributed by atoms with E-state index in [2.05, 4.69) is 10.6 Å². The number of carbonyl (C=O) groups is 3. The first-order valence-corrected chi connectivity index (χ1v) is 9.93. The summed E-state index contributed by atoms with van der Waals surface area (Å²) < 4.78 is 16.0. The van der Waals surface area contributed by atoms with Crippen LogP contribution in [0.2, 0.25) is 0 Å². The predicted molar refractivity (Wildman–Crippen MR) is 111 cm³/mol. The molecule has 0 aromatic heterocycles. The number of carbonyl (C=O) groups excluding carboxylic acids is 3. The molecule has 4 rings (SSSR count). The number of ether oxygens (including phenoxy) is 3. The Hall–Kier alpha value is -3.75. The summed E-state index contributed by atoms with van der Waals surface area (Å²) in [6, 6.07) is 11.6. The molecule has 9 nitrogen and oxygen atoms in total. The second kappa shape index (κ2) is 8.17. The van der Waals surface area contributed by atoms with Crippen LogP contribution < -0.4 is 24.8 Å². The van der Waals surface area contributed by atoms with E-state index < -0.39 is 23.4 Å². The lowest BCUT2D eigenvalue weighted by Gasteiger charge is -2.22. The van der Waals surface area contributed by atoms with E-state index in [9.17, 15) is 14.4 Å². The van der Waals surface area contributed by atoms with Gasteiger partial charge in [0, 0.05) is 12.1 Å². The van der Waals surface area contributed by atoms with Gasteiger partial charge in [-0.05, 0) is 55.8 Å². The van der Waals surface area contributed by atoms with Gasteiger partial charge in [0.25, 0.3) is 5.91 Å². The first-order chi connectivity index (χ1) is 14.9. The lowest BCUT2D eigenvalue weighted by atomic mass is 9.92. The van der Waals surface area contributed by atoms with Crippen molar-refractivity contribution in [3.8, 4) is 17.2 Å². The third-order valence-electron chi connectivity index (χ3n) is 5.09. The standard InChI is InChI=1S/C22H23N3O6/c1-3-29-16-7-5-15(6-8-16)23-19(26)12-25-20(27)22(2,24-21(25)28)11-14-4-9-17-18(10-14)31-13-30-17/h4-10H,3,11-13H2,1-2H3,(H,23,26)(H,24,28). The van der Waals surface area contributed by atoms with Crippen molar-refractivity contribution in [3.05, 3.63) is 48.0 Å². The Kier molecular flexibility index (Phi) is 5.41. The minimum absolute atomic E-state index is 0.156. The maximum absolute atomic E-state index is 13.0. The van der Waals surface area contributed by atoms with Gasteiger partial charge in [0.05, 0.1) is 6.61 Å². The number of imide groups is 1. The topological polar surface area (TPSA) is 106 Å². The molecule has 31 heavy (non-hydrogen) atoms. The fraction of sp³-hybridized carbons (Fsp3) is 0.318. The van der Waals surface area contributed by atoms with E-state index in [0.29, 0.717) is 29.5 Å². The van der Waals surface area contributed by atoms with Gasteiger partial charge in [-0.25, -0.2) is 4.79 Å². The normalized spacial score (nSPS) is 19.4. The van der Waals surface area contributed by atoms with Gasteiger partial charge in [-0.2, -0.15) is 0 Å². The van der Waals surface area contributed by atoms with Gasteiger partial charge in [-0.1, -0.05) is 6.07 Å². The number of urea groups is 1. The maximum atomic E-state index is 13.0. The Labute approximate surface area is 179 Å². The highest BCUT2D eigenvalue weighted by Gasteiger charge is 2.48. The number of rotatable bonds is 7. The predicted octanol–water partition coefficient (Wildman–Crippen LogP) is 2.31. The van der Waals surface area contributed by atoms with E-state index in [1.54, 1.807) is 43.3 Å². The molecule has 9 heteroatoms. The van der Waals surface area contributed by atoms with Crippen LogP contribution >= 0.6 is 0 Å². The first-order valence-electron chi connectivity index (χ1n) is 9.93. The molecule has 0 aliphatic carbocycles. The monoisotopic (exact) mass is 425 g/mol. The van der Waals surface area contributed by atoms with Gasteiger partial charge in [0.2, 0.25) is 12.7 Å². The summed E-state index contributed by atoms with van der Waals surface area (Å²) in [5.41, 5.74) is 0.189. The van der Waals surface area contributed by atoms with Crippen molar-refractivity contribution >= 4 is 23.5 Å². The summed E-state index contributed by atoms with van der Waals surface area (Å²) in [5.74, 6) is 0.999. The summed E-state index contributed by atoms with van der Waals surface area (Å²) in [4.78, 5) is 38.8. The van der Waals surface area contributed by atoms with E-state index in [4.69, 9.17) is 14.2 Å². The third kappa shape index (κ3) is 4.25. The van der Waals surface area contributed by atoms with Gasteiger partial charge in [0.1, 0.15) is 17.8 Å². The van der Waals surface area contributed by atoms with Crippen LogP contribution in [0, 0.1) is 0 Å². The average Bonchev–Trinajstić information content (AvgIpc) is 3.28. The molecule has 1 atom stereocenters. The van der Waals surface area contributed by atoms with Crippen molar-refractivity contribution in [1.29, 1.82) is 0 Å². The zero-order valence-electron chi connectivity index (χ0n) is 17.3. The van der Waals surface area contributed by atoms with Gasteiger partial charge in [0.15, 0.2) is 11.5 Å². The molecule has 2 heterocycles. The van der Waals surface area contributed by atoms with E-state index in [1.165, 1.54) is 0 Å². The van der Waals surface area contributed by atoms with E-state index in [0.717, 1.165) is 10.5 Å². The van der Waals surface area contributed by atoms with E-state index >= 15 is 0 Å². The van der Waals surface area contributed by atoms with Crippen molar-refractivity contribution in [1.82, 2.24) is 10.2 Å². The number of hydrogen-bond acceptors (Lipinski definition) is 6.